The van der Waals surface area contributed by atoms with Crippen molar-refractivity contribution >= 4 is 17.9 Å². The summed E-state index contributed by atoms with van der Waals surface area (Å²) in [5.74, 6) is -0.868. The van der Waals surface area contributed by atoms with E-state index in [1.807, 2.05) is 0 Å². The third kappa shape index (κ3) is 58.4. The molecule has 0 aromatic heterocycles. The average Bonchev–Trinajstić information content (AvgIpc) is 3.37. The van der Waals surface area contributed by atoms with Crippen LogP contribution in [-0.4, -0.2) is 37.2 Å². The van der Waals surface area contributed by atoms with Gasteiger partial charge in [-0.25, -0.2) is 0 Å². The lowest BCUT2D eigenvalue weighted by molar-refractivity contribution is -0.167. The van der Waals surface area contributed by atoms with E-state index in [2.05, 4.69) is 57.2 Å². The molecule has 0 N–H and O–H groups in total. The Labute approximate surface area is 442 Å². The van der Waals surface area contributed by atoms with Gasteiger partial charge in [0.1, 0.15) is 13.2 Å². The standard InChI is InChI=1S/C65H120O6/c1-4-7-10-13-16-19-22-25-28-30-31-32-33-35-37-40-43-46-49-52-55-58-64(67)70-61-62(60-69-63(66)57-54-51-48-45-42-39-36-27-24-21-18-15-12-9-6-3)71-65(68)59-56-53-50-47-44-41-38-34-29-26-23-20-17-14-11-8-5-2/h17,20,26-27,29,36,62H,4-16,18-19,21-25,28,30-35,37-61H2,1-3H3/b20-17-,29-26-,36-27-. The minimum Gasteiger partial charge on any atom is -0.462 e. The number of carbonyl (C=O) groups is 3. The predicted octanol–water partition coefficient (Wildman–Crippen LogP) is 21.2. The van der Waals surface area contributed by atoms with E-state index < -0.39 is 6.10 Å². The van der Waals surface area contributed by atoms with Crippen LogP contribution in [0.15, 0.2) is 36.5 Å². The average molecular weight is 998 g/mol. The van der Waals surface area contributed by atoms with Crippen molar-refractivity contribution in [1.29, 1.82) is 0 Å². The van der Waals surface area contributed by atoms with E-state index in [-0.39, 0.29) is 31.1 Å². The minimum absolute atomic E-state index is 0.0740. The molecule has 0 fully saturated rings. The van der Waals surface area contributed by atoms with Crippen molar-refractivity contribution in [2.45, 2.75) is 348 Å². The molecular formula is C65H120O6. The number of carbonyl (C=O) groups excluding carboxylic acids is 3. The highest BCUT2D eigenvalue weighted by Gasteiger charge is 2.19. The van der Waals surface area contributed by atoms with E-state index >= 15 is 0 Å². The first-order valence-corrected chi connectivity index (χ1v) is 31.5. The van der Waals surface area contributed by atoms with Gasteiger partial charge >= 0.3 is 17.9 Å². The van der Waals surface area contributed by atoms with E-state index in [0.717, 1.165) is 77.0 Å². The number of hydrogen-bond acceptors (Lipinski definition) is 6. The van der Waals surface area contributed by atoms with Crippen LogP contribution >= 0.6 is 0 Å². The molecule has 0 aliphatic carbocycles. The van der Waals surface area contributed by atoms with Crippen LogP contribution in [0.3, 0.4) is 0 Å². The molecule has 0 aliphatic rings. The topological polar surface area (TPSA) is 78.9 Å². The molecule has 0 saturated carbocycles. The number of unbranched alkanes of at least 4 members (excludes halogenated alkanes) is 41. The van der Waals surface area contributed by atoms with E-state index in [0.29, 0.717) is 19.3 Å². The third-order valence-corrected chi connectivity index (χ3v) is 14.1. The van der Waals surface area contributed by atoms with Crippen molar-refractivity contribution in [2.24, 2.45) is 0 Å². The molecule has 0 spiro atoms. The van der Waals surface area contributed by atoms with E-state index in [1.54, 1.807) is 0 Å². The highest BCUT2D eigenvalue weighted by Crippen LogP contribution is 2.17. The minimum atomic E-state index is -0.778. The summed E-state index contributed by atoms with van der Waals surface area (Å²) in [5, 5.41) is 0. The van der Waals surface area contributed by atoms with Gasteiger partial charge in [-0.05, 0) is 77.0 Å². The van der Waals surface area contributed by atoms with Gasteiger partial charge in [0.2, 0.25) is 0 Å². The normalized spacial score (nSPS) is 12.2. The Kier molecular flexibility index (Phi) is 58.2. The lowest BCUT2D eigenvalue weighted by Gasteiger charge is -2.18. The molecule has 0 heterocycles. The second-order valence-electron chi connectivity index (χ2n) is 21.3. The molecule has 0 radical (unpaired) electrons. The van der Waals surface area contributed by atoms with Crippen LogP contribution in [0.5, 0.6) is 0 Å². The Morgan fingerprint density at radius 3 is 0.817 bits per heavy atom. The molecular weight excluding hydrogens is 877 g/mol. The summed E-state index contributed by atoms with van der Waals surface area (Å²) in [4.78, 5) is 38.3. The lowest BCUT2D eigenvalue weighted by atomic mass is 10.0. The summed E-state index contributed by atoms with van der Waals surface area (Å²) in [6, 6.07) is 0. The summed E-state index contributed by atoms with van der Waals surface area (Å²) in [7, 11) is 0. The second kappa shape index (κ2) is 60.2. The zero-order chi connectivity index (χ0) is 51.4. The van der Waals surface area contributed by atoms with Gasteiger partial charge in [-0.3, -0.25) is 14.4 Å². The summed E-state index contributed by atoms with van der Waals surface area (Å²) < 4.78 is 16.9. The number of esters is 3. The quantitative estimate of drug-likeness (QED) is 0.0261. The van der Waals surface area contributed by atoms with Gasteiger partial charge in [0, 0.05) is 19.3 Å². The first kappa shape index (κ1) is 68.6. The Balaban J connectivity index is 4.32. The number of rotatable bonds is 58. The molecule has 0 bridgehead atoms. The molecule has 0 amide bonds. The lowest BCUT2D eigenvalue weighted by Crippen LogP contribution is -2.30. The first-order valence-electron chi connectivity index (χ1n) is 31.5. The molecule has 0 rings (SSSR count). The molecule has 6 nitrogen and oxygen atoms in total. The van der Waals surface area contributed by atoms with Crippen molar-refractivity contribution in [3.8, 4) is 0 Å². The maximum Gasteiger partial charge on any atom is 0.306 e. The molecule has 416 valence electrons. The van der Waals surface area contributed by atoms with Gasteiger partial charge in [0.05, 0.1) is 0 Å². The Bertz CT molecular complexity index is 1190. The fraction of sp³-hybridized carbons (Fsp3) is 0.862. The zero-order valence-electron chi connectivity index (χ0n) is 47.8. The largest absolute Gasteiger partial charge is 0.462 e. The maximum absolute atomic E-state index is 12.9. The van der Waals surface area contributed by atoms with Crippen molar-refractivity contribution < 1.29 is 28.6 Å². The van der Waals surface area contributed by atoms with Gasteiger partial charge < -0.3 is 14.2 Å². The van der Waals surface area contributed by atoms with Crippen molar-refractivity contribution in [3.63, 3.8) is 0 Å². The molecule has 6 heteroatoms. The fourth-order valence-corrected chi connectivity index (χ4v) is 9.35. The Morgan fingerprint density at radius 1 is 0.282 bits per heavy atom. The van der Waals surface area contributed by atoms with Crippen LogP contribution in [-0.2, 0) is 28.6 Å². The van der Waals surface area contributed by atoms with Crippen molar-refractivity contribution in [3.05, 3.63) is 36.5 Å². The van der Waals surface area contributed by atoms with Gasteiger partial charge in [-0.1, -0.05) is 282 Å². The fourth-order valence-electron chi connectivity index (χ4n) is 9.35. The second-order valence-corrected chi connectivity index (χ2v) is 21.3. The van der Waals surface area contributed by atoms with Gasteiger partial charge in [-0.15, -0.1) is 0 Å². The molecule has 0 aromatic carbocycles. The predicted molar refractivity (Wildman–Crippen MR) is 307 cm³/mol. The smallest absolute Gasteiger partial charge is 0.306 e. The summed E-state index contributed by atoms with van der Waals surface area (Å²) in [6.45, 7) is 6.65. The number of allylic oxidation sites excluding steroid dienone is 6. The number of ether oxygens (including phenoxy) is 3. The van der Waals surface area contributed by atoms with E-state index in [1.165, 1.54) is 225 Å². The highest BCUT2D eigenvalue weighted by atomic mass is 16.6. The van der Waals surface area contributed by atoms with Crippen LogP contribution in [0.1, 0.15) is 342 Å². The molecule has 0 aromatic rings. The number of hydrogen-bond donors (Lipinski definition) is 0. The molecule has 71 heavy (non-hydrogen) atoms. The van der Waals surface area contributed by atoms with Crippen LogP contribution in [0.4, 0.5) is 0 Å². The first-order chi connectivity index (χ1) is 35.0. The maximum atomic E-state index is 12.9. The van der Waals surface area contributed by atoms with Crippen LogP contribution < -0.4 is 0 Å². The molecule has 0 saturated heterocycles. The van der Waals surface area contributed by atoms with Crippen LogP contribution in [0.25, 0.3) is 0 Å². The molecule has 1 atom stereocenters. The van der Waals surface area contributed by atoms with Gasteiger partial charge in [0.15, 0.2) is 6.10 Å². The zero-order valence-corrected chi connectivity index (χ0v) is 47.8. The Hall–Kier alpha value is -2.37. The SMILES string of the molecule is CCCCC/C=C\C/C=C\CCCCCCCCCC(=O)OC(COC(=O)CCCCCCC/C=C\CCCCCCCC)COC(=O)CCCCCCCCCCCCCCCCCCCCCCC. The Morgan fingerprint density at radius 2 is 0.507 bits per heavy atom. The van der Waals surface area contributed by atoms with Crippen molar-refractivity contribution in [2.75, 3.05) is 13.2 Å². The summed E-state index contributed by atoms with van der Waals surface area (Å²) in [6.07, 6.45) is 72.9. The summed E-state index contributed by atoms with van der Waals surface area (Å²) >= 11 is 0. The monoisotopic (exact) mass is 997 g/mol. The van der Waals surface area contributed by atoms with E-state index in [4.69, 9.17) is 14.2 Å². The van der Waals surface area contributed by atoms with Crippen molar-refractivity contribution in [1.82, 2.24) is 0 Å². The van der Waals surface area contributed by atoms with Crippen LogP contribution in [0.2, 0.25) is 0 Å². The van der Waals surface area contributed by atoms with Gasteiger partial charge in [0.25, 0.3) is 0 Å². The van der Waals surface area contributed by atoms with E-state index in [9.17, 15) is 14.4 Å². The van der Waals surface area contributed by atoms with Crippen LogP contribution in [0, 0.1) is 0 Å². The molecule has 0 aliphatic heterocycles. The molecule has 1 unspecified atom stereocenters. The highest BCUT2D eigenvalue weighted by molar-refractivity contribution is 5.71. The van der Waals surface area contributed by atoms with Gasteiger partial charge in [-0.2, -0.15) is 0 Å². The third-order valence-electron chi connectivity index (χ3n) is 14.1. The summed E-state index contributed by atoms with van der Waals surface area (Å²) in [5.41, 5.74) is 0.